The van der Waals surface area contributed by atoms with Crippen molar-refractivity contribution < 1.29 is 0 Å². The van der Waals surface area contributed by atoms with Crippen LogP contribution in [0.1, 0.15) is 82.8 Å². The number of hydrogen-bond donors (Lipinski definition) is 1. The van der Waals surface area contributed by atoms with Crippen LogP contribution in [0.5, 0.6) is 0 Å². The average molecular weight is 417 g/mol. The Morgan fingerprint density at radius 1 is 1.10 bits per heavy atom. The van der Waals surface area contributed by atoms with E-state index in [4.69, 9.17) is 5.73 Å². The third-order valence-corrected chi connectivity index (χ3v) is 8.82. The molecule has 0 amide bonds. The second-order valence-corrected chi connectivity index (χ2v) is 10.8. The van der Waals surface area contributed by atoms with Gasteiger partial charge < -0.3 is 10.6 Å². The summed E-state index contributed by atoms with van der Waals surface area (Å²) in [6.07, 6.45) is 10.3. The van der Waals surface area contributed by atoms with E-state index in [2.05, 4.69) is 74.2 Å². The number of anilines is 2. The summed E-state index contributed by atoms with van der Waals surface area (Å²) in [6, 6.07) is 19.0. The predicted molar refractivity (Wildman–Crippen MR) is 132 cm³/mol. The highest BCUT2D eigenvalue weighted by atomic mass is 15.3. The fourth-order valence-corrected chi connectivity index (χ4v) is 7.04. The average Bonchev–Trinajstić information content (AvgIpc) is 3.48. The van der Waals surface area contributed by atoms with Gasteiger partial charge in [-0.15, -0.1) is 0 Å². The molecule has 2 N–H and O–H groups in total. The summed E-state index contributed by atoms with van der Waals surface area (Å²) >= 11 is 0. The van der Waals surface area contributed by atoms with Gasteiger partial charge in [-0.25, -0.2) is 0 Å². The van der Waals surface area contributed by atoms with Crippen LogP contribution in [-0.2, 0) is 6.42 Å². The first-order valence-corrected chi connectivity index (χ1v) is 12.8. The number of fused-ring (bicyclic) bond motifs is 1. The first-order valence-electron chi connectivity index (χ1n) is 12.8. The van der Waals surface area contributed by atoms with E-state index in [1.807, 2.05) is 0 Å². The Labute approximate surface area is 189 Å². The second kappa shape index (κ2) is 8.28. The molecule has 2 fully saturated rings. The summed E-state index contributed by atoms with van der Waals surface area (Å²) in [5.74, 6) is 3.05. The molecule has 0 saturated heterocycles. The lowest BCUT2D eigenvalue weighted by atomic mass is 9.74. The van der Waals surface area contributed by atoms with Crippen LogP contribution < -0.4 is 10.6 Å². The molecule has 0 radical (unpaired) electrons. The van der Waals surface area contributed by atoms with E-state index in [-0.39, 0.29) is 6.04 Å². The molecule has 2 aliphatic carbocycles. The van der Waals surface area contributed by atoms with E-state index in [0.29, 0.717) is 11.5 Å². The fourth-order valence-electron chi connectivity index (χ4n) is 7.04. The third-order valence-electron chi connectivity index (χ3n) is 8.82. The first-order chi connectivity index (χ1) is 15.0. The third kappa shape index (κ3) is 3.61. The van der Waals surface area contributed by atoms with Gasteiger partial charge in [0.25, 0.3) is 0 Å². The maximum atomic E-state index is 6.10. The van der Waals surface area contributed by atoms with Crippen LogP contribution in [0.2, 0.25) is 0 Å². The molecule has 3 aliphatic rings. The van der Waals surface area contributed by atoms with Crippen LogP contribution >= 0.6 is 0 Å². The number of para-hydroxylation sites is 1. The number of hydrogen-bond acceptors (Lipinski definition) is 2. The van der Waals surface area contributed by atoms with Crippen LogP contribution in [0.3, 0.4) is 0 Å². The number of nitrogens with zero attached hydrogens (tertiary/aromatic N) is 1. The van der Waals surface area contributed by atoms with Gasteiger partial charge in [-0.05, 0) is 98.4 Å². The lowest BCUT2D eigenvalue weighted by molar-refractivity contribution is 0.262. The minimum atomic E-state index is 0.284. The molecule has 0 bridgehead atoms. The normalized spacial score (nSPS) is 31.1. The Bertz CT molecular complexity index is 904. The molecule has 2 nitrogen and oxygen atoms in total. The Morgan fingerprint density at radius 3 is 2.65 bits per heavy atom. The highest BCUT2D eigenvalue weighted by Gasteiger charge is 2.65. The first kappa shape index (κ1) is 21.1. The Balaban J connectivity index is 1.60. The van der Waals surface area contributed by atoms with Gasteiger partial charge in [0.1, 0.15) is 0 Å². The topological polar surface area (TPSA) is 29.3 Å². The largest absolute Gasteiger partial charge is 0.334 e. The van der Waals surface area contributed by atoms with Gasteiger partial charge in [0.15, 0.2) is 0 Å². The molecule has 2 saturated carbocycles. The Hall–Kier alpha value is -1.80. The summed E-state index contributed by atoms with van der Waals surface area (Å²) in [5, 5.41) is 0. The summed E-state index contributed by atoms with van der Waals surface area (Å²) in [5.41, 5.74) is 12.4. The van der Waals surface area contributed by atoms with Crippen LogP contribution in [0, 0.1) is 17.8 Å². The van der Waals surface area contributed by atoms with Crippen molar-refractivity contribution in [2.45, 2.75) is 89.6 Å². The van der Waals surface area contributed by atoms with Gasteiger partial charge in [-0.2, -0.15) is 0 Å². The van der Waals surface area contributed by atoms with E-state index in [9.17, 15) is 0 Å². The van der Waals surface area contributed by atoms with Gasteiger partial charge in [0, 0.05) is 17.4 Å². The Morgan fingerprint density at radius 2 is 1.90 bits per heavy atom. The highest BCUT2D eigenvalue weighted by Crippen LogP contribution is 2.66. The van der Waals surface area contributed by atoms with E-state index in [0.717, 1.165) is 24.2 Å². The van der Waals surface area contributed by atoms with Gasteiger partial charge in [0.2, 0.25) is 0 Å². The van der Waals surface area contributed by atoms with Gasteiger partial charge in [-0.3, -0.25) is 0 Å². The number of nitrogens with two attached hydrogens (primary N) is 1. The monoisotopic (exact) mass is 416 g/mol. The van der Waals surface area contributed by atoms with Crippen molar-refractivity contribution in [2.24, 2.45) is 23.5 Å². The molecule has 31 heavy (non-hydrogen) atoms. The fraction of sp³-hybridized carbons (Fsp3) is 0.586. The van der Waals surface area contributed by atoms with Crippen LogP contribution in [0.25, 0.3) is 0 Å². The van der Waals surface area contributed by atoms with Gasteiger partial charge in [-0.1, -0.05) is 57.0 Å². The summed E-state index contributed by atoms with van der Waals surface area (Å²) in [7, 11) is 0. The molecule has 2 aromatic rings. The lowest BCUT2D eigenvalue weighted by Crippen LogP contribution is -2.48. The quantitative estimate of drug-likeness (QED) is 0.539. The Kier molecular flexibility index (Phi) is 5.63. The molecule has 2 heteroatoms. The van der Waals surface area contributed by atoms with Gasteiger partial charge in [0.05, 0.1) is 5.54 Å². The van der Waals surface area contributed by atoms with Crippen molar-refractivity contribution in [3.05, 3.63) is 59.7 Å². The molecule has 166 valence electrons. The SMILES string of the molecule is CCC(CCC(C)N)c1ccc2c(c1)N(c1ccccc1)C13CC1CCCC(C)C3C2. The van der Waals surface area contributed by atoms with E-state index in [1.165, 1.54) is 61.9 Å². The van der Waals surface area contributed by atoms with Crippen LogP contribution in [-0.4, -0.2) is 11.6 Å². The van der Waals surface area contributed by atoms with Crippen molar-refractivity contribution in [3.8, 4) is 0 Å². The molecule has 2 aromatic carbocycles. The van der Waals surface area contributed by atoms with E-state index >= 15 is 0 Å². The van der Waals surface area contributed by atoms with Crippen LogP contribution in [0.15, 0.2) is 48.5 Å². The molecule has 1 heterocycles. The number of benzene rings is 2. The van der Waals surface area contributed by atoms with Gasteiger partial charge >= 0.3 is 0 Å². The highest BCUT2D eigenvalue weighted by molar-refractivity contribution is 5.73. The van der Waals surface area contributed by atoms with Crippen molar-refractivity contribution in [1.82, 2.24) is 0 Å². The zero-order valence-corrected chi connectivity index (χ0v) is 19.7. The summed E-state index contributed by atoms with van der Waals surface area (Å²) in [4.78, 5) is 2.81. The van der Waals surface area contributed by atoms with Crippen molar-refractivity contribution in [2.75, 3.05) is 4.90 Å². The molecule has 6 atom stereocenters. The molecule has 6 unspecified atom stereocenters. The second-order valence-electron chi connectivity index (χ2n) is 10.8. The number of rotatable bonds is 6. The van der Waals surface area contributed by atoms with Crippen LogP contribution in [0.4, 0.5) is 11.4 Å². The molecule has 1 aliphatic heterocycles. The minimum absolute atomic E-state index is 0.284. The summed E-state index contributed by atoms with van der Waals surface area (Å²) < 4.78 is 0. The van der Waals surface area contributed by atoms with Crippen molar-refractivity contribution in [3.63, 3.8) is 0 Å². The zero-order valence-electron chi connectivity index (χ0n) is 19.7. The smallest absolute Gasteiger partial charge is 0.0517 e. The molecule has 0 aromatic heterocycles. The lowest BCUT2D eigenvalue weighted by Gasteiger charge is -2.47. The van der Waals surface area contributed by atoms with Crippen molar-refractivity contribution in [1.29, 1.82) is 0 Å². The maximum absolute atomic E-state index is 6.10. The molecular weight excluding hydrogens is 376 g/mol. The minimum Gasteiger partial charge on any atom is -0.334 e. The standard InChI is InChI=1S/C29H40N2/c1-4-22(14-13-21(3)30)23-15-16-24-17-27-20(2)9-8-10-25-19-29(25,27)31(28(24)18-23)26-11-6-5-7-12-26/h5-7,11-12,15-16,18,20-22,25,27H,4,8-10,13-14,17,19,30H2,1-3H3. The molecule has 5 rings (SSSR count). The van der Waals surface area contributed by atoms with E-state index < -0.39 is 0 Å². The molecular formula is C29H40N2. The summed E-state index contributed by atoms with van der Waals surface area (Å²) in [6.45, 7) is 6.99. The maximum Gasteiger partial charge on any atom is 0.0517 e. The van der Waals surface area contributed by atoms with Crippen molar-refractivity contribution >= 4 is 11.4 Å². The zero-order chi connectivity index (χ0) is 21.6. The molecule has 1 spiro atoms. The predicted octanol–water partition coefficient (Wildman–Crippen LogP) is 7.20. The van der Waals surface area contributed by atoms with E-state index in [1.54, 1.807) is 5.56 Å².